The van der Waals surface area contributed by atoms with Crippen molar-refractivity contribution < 1.29 is 70.8 Å². The molecule has 0 spiro atoms. The van der Waals surface area contributed by atoms with Crippen molar-refractivity contribution in [2.45, 2.75) is 65.6 Å². The van der Waals surface area contributed by atoms with Gasteiger partial charge in [0.1, 0.15) is 11.5 Å². The lowest BCUT2D eigenvalue weighted by Gasteiger charge is -2.21. The summed E-state index contributed by atoms with van der Waals surface area (Å²) in [6, 6.07) is 34.1. The second-order valence-corrected chi connectivity index (χ2v) is 20.2. The first-order chi connectivity index (χ1) is 40.4. The molecular formula is C67H84BrClO15. The van der Waals surface area contributed by atoms with E-state index >= 15 is 0 Å². The van der Waals surface area contributed by atoms with Crippen LogP contribution in [-0.4, -0.2) is 108 Å². The summed E-state index contributed by atoms with van der Waals surface area (Å²) in [5, 5.41) is 0. The maximum absolute atomic E-state index is 11.7. The third kappa shape index (κ3) is 19.2. The zero-order valence-electron chi connectivity index (χ0n) is 52.1. The van der Waals surface area contributed by atoms with Gasteiger partial charge in [0.05, 0.1) is 90.1 Å². The number of rotatable bonds is 23. The van der Waals surface area contributed by atoms with Crippen molar-refractivity contribution in [2.24, 2.45) is 11.8 Å². The molecule has 0 aliphatic carbocycles. The van der Waals surface area contributed by atoms with E-state index in [4.69, 9.17) is 61.3 Å². The van der Waals surface area contributed by atoms with Crippen molar-refractivity contribution in [2.75, 3.05) is 91.7 Å². The van der Waals surface area contributed by atoms with Crippen LogP contribution in [0.4, 0.5) is 0 Å². The molecule has 17 heteroatoms. The molecule has 84 heavy (non-hydrogen) atoms. The molecule has 3 atom stereocenters. The van der Waals surface area contributed by atoms with Crippen LogP contribution in [0.3, 0.4) is 0 Å². The minimum atomic E-state index is -0.199. The van der Waals surface area contributed by atoms with E-state index in [2.05, 4.69) is 79.5 Å². The number of hydrogen-bond acceptors (Lipinski definition) is 15. The largest absolute Gasteiger partial charge is 0.493 e. The molecule has 0 aliphatic heterocycles. The molecule has 0 radical (unpaired) electrons. The molecule has 1 heterocycles. The molecule has 0 aliphatic rings. The molecule has 0 amide bonds. The number of furan rings is 1. The number of carbonyl (C=O) groups is 2. The minimum absolute atomic E-state index is 0.0240. The van der Waals surface area contributed by atoms with Crippen molar-refractivity contribution in [1.82, 2.24) is 0 Å². The van der Waals surface area contributed by atoms with Gasteiger partial charge in [0.15, 0.2) is 80.6 Å². The average molecular weight is 1240 g/mol. The summed E-state index contributed by atoms with van der Waals surface area (Å²) < 4.78 is 69.6. The Morgan fingerprint density at radius 1 is 0.405 bits per heavy atom. The Morgan fingerprint density at radius 3 is 0.988 bits per heavy atom. The van der Waals surface area contributed by atoms with E-state index in [-0.39, 0.29) is 16.4 Å². The lowest BCUT2D eigenvalue weighted by atomic mass is 9.85. The number of ether oxygens (including phenoxy) is 12. The summed E-state index contributed by atoms with van der Waals surface area (Å²) in [6.45, 7) is 12.3. The maximum Gasteiger partial charge on any atom is 0.176 e. The van der Waals surface area contributed by atoms with Gasteiger partial charge in [0.25, 0.3) is 0 Å². The van der Waals surface area contributed by atoms with E-state index in [0.29, 0.717) is 75.4 Å². The second kappa shape index (κ2) is 36.1. The monoisotopic (exact) mass is 1240 g/mol. The molecule has 0 fully saturated rings. The van der Waals surface area contributed by atoms with Gasteiger partial charge in [0, 0.05) is 35.1 Å². The number of Topliss-reactive ketones (excluding diaryl/α,β-unsaturated/α-hetero) is 2. The van der Waals surface area contributed by atoms with E-state index in [1.165, 1.54) is 17.5 Å². The highest BCUT2D eigenvalue weighted by molar-refractivity contribution is 9.10. The van der Waals surface area contributed by atoms with Gasteiger partial charge >= 0.3 is 0 Å². The van der Waals surface area contributed by atoms with Crippen LogP contribution in [0.1, 0.15) is 77.1 Å². The number of carbonyl (C=O) groups excluding carboxylic acids is 2. The number of alkyl halides is 2. The standard InChI is InChI=1S/C22H24O5.C22H30O4.C11H13BrO3.C11H14O3.CH3Cl/c1-13-14(2)22(16-8-10-18(24-4)20(12-16)26-6)27-21(13)15-7-9-17(23-3)19(11-15)25-5;1-15(11-17-7-9-19(23-3)21(13-17)25-5)16(2)12-18-8-10-20(24-4)22(14-18)26-6;1-7(12)11(13)8-4-5-9(14-2)10(6-8)15-3;1-4-9(12)8-5-6-10(13-2)11(7-8)14-3;1-2/h7-12H,1-6H3;7-10,13-16H,11-12H2,1-6H3;4-7H,1-3H3;5-7H,4H2,1-3H3;1H3/t;15-,16+;;;. The second-order valence-electron chi connectivity index (χ2n) is 18.8. The third-order valence-corrected chi connectivity index (χ3v) is 14.2. The highest BCUT2D eigenvalue weighted by Gasteiger charge is 2.21. The molecular weight excluding hydrogens is 1160 g/mol. The first-order valence-corrected chi connectivity index (χ1v) is 28.5. The van der Waals surface area contributed by atoms with Gasteiger partial charge in [0.2, 0.25) is 0 Å². The predicted molar refractivity (Wildman–Crippen MR) is 338 cm³/mol. The van der Waals surface area contributed by atoms with Crippen molar-refractivity contribution in [3.05, 3.63) is 143 Å². The van der Waals surface area contributed by atoms with Crippen LogP contribution in [0.25, 0.3) is 22.6 Å². The average Bonchev–Trinajstić information content (AvgIpc) is 2.91. The Morgan fingerprint density at radius 2 is 0.679 bits per heavy atom. The number of benzene rings is 6. The summed E-state index contributed by atoms with van der Waals surface area (Å²) in [7, 11) is 19.4. The van der Waals surface area contributed by atoms with Gasteiger partial charge in [-0.15, -0.1) is 11.6 Å². The highest BCUT2D eigenvalue weighted by Crippen LogP contribution is 2.42. The number of halogens is 2. The first-order valence-electron chi connectivity index (χ1n) is 26.9. The van der Waals surface area contributed by atoms with Gasteiger partial charge in [-0.05, 0) is 165 Å². The zero-order chi connectivity index (χ0) is 62.6. The van der Waals surface area contributed by atoms with Crippen LogP contribution >= 0.6 is 27.5 Å². The van der Waals surface area contributed by atoms with E-state index < -0.39 is 0 Å². The van der Waals surface area contributed by atoms with Gasteiger partial charge in [-0.2, -0.15) is 0 Å². The fourth-order valence-electron chi connectivity index (χ4n) is 8.70. The SMILES string of the molecule is CCC(=O)c1ccc(OC)c(OC)c1.CCl.COc1ccc(-c2oc(-c3ccc(OC)c(OC)c3)c(C)c2C)cc1OC.COc1ccc(C(=O)C(C)Br)cc1OC.COc1ccc(C[C@@H](C)[C@@H](C)Cc2ccc(OC)c(OC)c2)cc1OC. The van der Waals surface area contributed by atoms with Crippen molar-refractivity contribution in [3.63, 3.8) is 0 Å². The smallest absolute Gasteiger partial charge is 0.176 e. The van der Waals surface area contributed by atoms with Gasteiger partial charge in [-0.1, -0.05) is 48.8 Å². The Kier molecular flexibility index (Phi) is 30.3. The number of methoxy groups -OCH3 is 12. The van der Waals surface area contributed by atoms with Crippen molar-refractivity contribution >= 4 is 39.1 Å². The normalized spacial score (nSPS) is 11.2. The Hall–Kier alpha value is -7.69. The Balaban J connectivity index is 0.000000302. The molecule has 1 aromatic heterocycles. The summed E-state index contributed by atoms with van der Waals surface area (Å²) in [5.41, 5.74) is 7.80. The summed E-state index contributed by atoms with van der Waals surface area (Å²) in [5.74, 6) is 11.0. The van der Waals surface area contributed by atoms with Gasteiger partial charge < -0.3 is 61.3 Å². The molecule has 15 nitrogen and oxygen atoms in total. The number of ketones is 2. The molecule has 1 unspecified atom stereocenters. The topological polar surface area (TPSA) is 158 Å². The number of hydrogen-bond donors (Lipinski definition) is 0. The van der Waals surface area contributed by atoms with Crippen LogP contribution in [0, 0.1) is 25.7 Å². The third-order valence-electron chi connectivity index (χ3n) is 13.8. The van der Waals surface area contributed by atoms with Crippen LogP contribution in [0.2, 0.25) is 0 Å². The first kappa shape index (κ1) is 70.6. The summed E-state index contributed by atoms with van der Waals surface area (Å²) in [6.07, 6.45) is 3.96. The van der Waals surface area contributed by atoms with E-state index in [1.54, 1.807) is 129 Å². The Bertz CT molecular complexity index is 3030. The van der Waals surface area contributed by atoms with Crippen LogP contribution < -0.4 is 56.8 Å². The molecule has 0 saturated heterocycles. The lowest BCUT2D eigenvalue weighted by molar-refractivity contribution is 0.0983. The summed E-state index contributed by atoms with van der Waals surface area (Å²) >= 11 is 7.88. The van der Waals surface area contributed by atoms with Crippen LogP contribution in [0.15, 0.2) is 114 Å². The zero-order valence-corrected chi connectivity index (χ0v) is 54.5. The van der Waals surface area contributed by atoms with E-state index in [1.807, 2.05) is 55.5 Å². The van der Waals surface area contributed by atoms with Crippen molar-refractivity contribution in [3.8, 4) is 91.6 Å². The lowest BCUT2D eigenvalue weighted by Crippen LogP contribution is -2.14. The van der Waals surface area contributed by atoms with Crippen molar-refractivity contribution in [1.29, 1.82) is 0 Å². The predicted octanol–water partition coefficient (Wildman–Crippen LogP) is 15.9. The van der Waals surface area contributed by atoms with Gasteiger partial charge in [-0.25, -0.2) is 0 Å². The van der Waals surface area contributed by atoms with E-state index in [0.717, 1.165) is 69.6 Å². The minimum Gasteiger partial charge on any atom is -0.493 e. The summed E-state index contributed by atoms with van der Waals surface area (Å²) in [4.78, 5) is 22.9. The van der Waals surface area contributed by atoms with E-state index in [9.17, 15) is 9.59 Å². The quantitative estimate of drug-likeness (QED) is 0.0440. The molecule has 7 rings (SSSR count). The van der Waals surface area contributed by atoms with Gasteiger partial charge in [-0.3, -0.25) is 9.59 Å². The van der Waals surface area contributed by atoms with Crippen LogP contribution in [-0.2, 0) is 12.8 Å². The fraction of sp³-hybridized carbons (Fsp3) is 0.373. The molecule has 7 aromatic rings. The maximum atomic E-state index is 11.7. The Labute approximate surface area is 510 Å². The molecule has 0 N–H and O–H groups in total. The molecule has 0 saturated carbocycles. The molecule has 456 valence electrons. The van der Waals surface area contributed by atoms with Crippen LogP contribution in [0.5, 0.6) is 69.0 Å². The molecule has 0 bridgehead atoms. The molecule has 6 aromatic carbocycles. The highest BCUT2D eigenvalue weighted by atomic mass is 79.9. The fourth-order valence-corrected chi connectivity index (χ4v) is 8.96.